The fraction of sp³-hybridized carbons (Fsp3) is 0.750. The maximum absolute atomic E-state index is 9.77. The van der Waals surface area contributed by atoms with Crippen molar-refractivity contribution in [3.05, 3.63) is 0 Å². The van der Waals surface area contributed by atoms with E-state index in [0.717, 1.165) is 31.7 Å². The maximum atomic E-state index is 9.77. The van der Waals surface area contributed by atoms with Gasteiger partial charge in [0.2, 0.25) is 0 Å². The van der Waals surface area contributed by atoms with Crippen molar-refractivity contribution in [3.63, 3.8) is 0 Å². The zero-order chi connectivity index (χ0) is 11.8. The number of rotatable bonds is 9. The minimum atomic E-state index is 0.513. The number of carbonyl (C=O) groups is 3. The van der Waals surface area contributed by atoms with Crippen molar-refractivity contribution in [1.29, 1.82) is 0 Å². The Hall–Kier alpha value is -0.990. The third kappa shape index (κ3) is 24.6. The molecule has 0 N–H and O–H groups in total. The number of carbonyl (C=O) groups excluding carboxylic acids is 3. The van der Waals surface area contributed by atoms with Crippen molar-refractivity contribution in [2.45, 2.75) is 58.3 Å². The first-order valence-corrected chi connectivity index (χ1v) is 5.64. The quantitative estimate of drug-likeness (QED) is 0.438. The molecular formula is C12H22O3. The molecule has 0 fully saturated rings. The summed E-state index contributed by atoms with van der Waals surface area (Å²) in [4.78, 5) is 28.9. The second-order valence-corrected chi connectivity index (χ2v) is 3.28. The van der Waals surface area contributed by atoms with Crippen LogP contribution >= 0.6 is 0 Å². The van der Waals surface area contributed by atoms with Crippen molar-refractivity contribution < 1.29 is 14.4 Å². The second kappa shape index (κ2) is 18.7. The summed E-state index contributed by atoms with van der Waals surface area (Å²) in [5.74, 6) is 0. The van der Waals surface area contributed by atoms with Crippen LogP contribution in [0.2, 0.25) is 0 Å². The summed E-state index contributed by atoms with van der Waals surface area (Å²) in [6, 6.07) is 0. The van der Waals surface area contributed by atoms with Gasteiger partial charge in [0, 0.05) is 19.3 Å². The third-order valence-electron chi connectivity index (χ3n) is 1.82. The van der Waals surface area contributed by atoms with Gasteiger partial charge in [-0.1, -0.05) is 26.2 Å². The highest BCUT2D eigenvalue weighted by Gasteiger charge is 1.83. The standard InChI is InChI=1S/C7H14O.C5H8O2/c1-2-3-4-5-6-7-8;6-4-2-1-3-5-7/h7H,2-6H2,1H3;4-5H,1-3H2. The molecule has 0 rings (SSSR count). The van der Waals surface area contributed by atoms with Gasteiger partial charge in [-0.2, -0.15) is 0 Å². The van der Waals surface area contributed by atoms with E-state index in [1.807, 2.05) is 0 Å². The van der Waals surface area contributed by atoms with Crippen LogP contribution in [0.4, 0.5) is 0 Å². The van der Waals surface area contributed by atoms with Crippen molar-refractivity contribution in [2.75, 3.05) is 0 Å². The van der Waals surface area contributed by atoms with Gasteiger partial charge in [-0.3, -0.25) is 0 Å². The highest BCUT2D eigenvalue weighted by Crippen LogP contribution is 1.99. The molecule has 3 heteroatoms. The first-order chi connectivity index (χ1) is 7.33. The average Bonchev–Trinajstić information content (AvgIpc) is 2.26. The van der Waals surface area contributed by atoms with Crippen LogP contribution in [0, 0.1) is 0 Å². The van der Waals surface area contributed by atoms with Gasteiger partial charge in [-0.05, 0) is 12.8 Å². The Labute approximate surface area is 92.2 Å². The molecule has 0 saturated heterocycles. The molecule has 3 nitrogen and oxygen atoms in total. The van der Waals surface area contributed by atoms with Crippen molar-refractivity contribution >= 4 is 18.9 Å². The summed E-state index contributed by atoms with van der Waals surface area (Å²) >= 11 is 0. The van der Waals surface area contributed by atoms with Crippen LogP contribution in [-0.4, -0.2) is 18.9 Å². The number of aldehydes is 3. The predicted molar refractivity (Wildman–Crippen MR) is 60.8 cm³/mol. The van der Waals surface area contributed by atoms with E-state index in [-0.39, 0.29) is 0 Å². The summed E-state index contributed by atoms with van der Waals surface area (Å²) in [5.41, 5.74) is 0. The molecule has 0 aliphatic carbocycles. The minimum Gasteiger partial charge on any atom is -0.303 e. The van der Waals surface area contributed by atoms with Gasteiger partial charge in [-0.15, -0.1) is 0 Å². The molecule has 0 heterocycles. The van der Waals surface area contributed by atoms with Crippen LogP contribution < -0.4 is 0 Å². The fourth-order valence-corrected chi connectivity index (χ4v) is 0.939. The van der Waals surface area contributed by atoms with Crippen molar-refractivity contribution in [3.8, 4) is 0 Å². The zero-order valence-electron chi connectivity index (χ0n) is 9.61. The molecule has 0 aliphatic heterocycles. The van der Waals surface area contributed by atoms with Gasteiger partial charge in [0.1, 0.15) is 18.9 Å². The molecule has 0 aliphatic rings. The average molecular weight is 214 g/mol. The Bertz CT molecular complexity index is 136. The molecule has 88 valence electrons. The van der Waals surface area contributed by atoms with Gasteiger partial charge in [0.15, 0.2) is 0 Å². The largest absolute Gasteiger partial charge is 0.303 e. The molecule has 0 unspecified atom stereocenters. The van der Waals surface area contributed by atoms with Crippen LogP contribution in [0.5, 0.6) is 0 Å². The van der Waals surface area contributed by atoms with E-state index in [9.17, 15) is 14.4 Å². The van der Waals surface area contributed by atoms with E-state index < -0.39 is 0 Å². The topological polar surface area (TPSA) is 51.2 Å². The summed E-state index contributed by atoms with van der Waals surface area (Å²) in [6.45, 7) is 2.17. The summed E-state index contributed by atoms with van der Waals surface area (Å²) in [7, 11) is 0. The van der Waals surface area contributed by atoms with Crippen molar-refractivity contribution in [2.24, 2.45) is 0 Å². The molecule has 0 spiro atoms. The number of unbranched alkanes of at least 4 members (excludes halogenated alkanes) is 6. The van der Waals surface area contributed by atoms with Crippen LogP contribution in [0.15, 0.2) is 0 Å². The molecule has 0 amide bonds. The summed E-state index contributed by atoms with van der Waals surface area (Å²) in [5, 5.41) is 0. The Morgan fingerprint density at radius 1 is 0.667 bits per heavy atom. The lowest BCUT2D eigenvalue weighted by Crippen LogP contribution is -1.76. The lowest BCUT2D eigenvalue weighted by atomic mass is 10.2. The molecule has 0 radical (unpaired) electrons. The van der Waals surface area contributed by atoms with E-state index in [1.165, 1.54) is 19.3 Å². The Balaban J connectivity index is 0. The lowest BCUT2D eigenvalue weighted by molar-refractivity contribution is -0.109. The molecule has 15 heavy (non-hydrogen) atoms. The van der Waals surface area contributed by atoms with E-state index in [0.29, 0.717) is 19.3 Å². The SMILES string of the molecule is CCCCCCC=O.O=CCCCC=O. The molecular weight excluding hydrogens is 192 g/mol. The zero-order valence-corrected chi connectivity index (χ0v) is 9.61. The molecule has 0 aromatic heterocycles. The summed E-state index contributed by atoms with van der Waals surface area (Å²) < 4.78 is 0. The fourth-order valence-electron chi connectivity index (χ4n) is 0.939. The molecule has 0 saturated carbocycles. The van der Waals surface area contributed by atoms with Crippen LogP contribution in [-0.2, 0) is 14.4 Å². The van der Waals surface area contributed by atoms with Gasteiger partial charge in [0.25, 0.3) is 0 Å². The molecule has 0 aromatic rings. The lowest BCUT2D eigenvalue weighted by Gasteiger charge is -1.90. The number of hydrogen-bond acceptors (Lipinski definition) is 3. The first kappa shape index (κ1) is 16.4. The normalized spacial score (nSPS) is 8.60. The maximum Gasteiger partial charge on any atom is 0.120 e. The first-order valence-electron chi connectivity index (χ1n) is 5.64. The van der Waals surface area contributed by atoms with Gasteiger partial charge in [-0.25, -0.2) is 0 Å². The summed E-state index contributed by atoms with van der Waals surface area (Å²) in [6.07, 6.45) is 9.94. The predicted octanol–water partition coefficient (Wildman–Crippen LogP) is 2.71. The van der Waals surface area contributed by atoms with Gasteiger partial charge >= 0.3 is 0 Å². The molecule has 0 bridgehead atoms. The number of hydrogen-bond donors (Lipinski definition) is 0. The van der Waals surface area contributed by atoms with E-state index in [4.69, 9.17) is 0 Å². The van der Waals surface area contributed by atoms with Gasteiger partial charge in [0.05, 0.1) is 0 Å². The highest BCUT2D eigenvalue weighted by atomic mass is 16.1. The van der Waals surface area contributed by atoms with E-state index in [2.05, 4.69) is 6.92 Å². The third-order valence-corrected chi connectivity index (χ3v) is 1.82. The van der Waals surface area contributed by atoms with E-state index in [1.54, 1.807) is 0 Å². The highest BCUT2D eigenvalue weighted by molar-refractivity contribution is 5.52. The van der Waals surface area contributed by atoms with Crippen LogP contribution in [0.3, 0.4) is 0 Å². The Morgan fingerprint density at radius 2 is 1.13 bits per heavy atom. The molecule has 0 atom stereocenters. The van der Waals surface area contributed by atoms with Crippen molar-refractivity contribution in [1.82, 2.24) is 0 Å². The monoisotopic (exact) mass is 214 g/mol. The van der Waals surface area contributed by atoms with Crippen LogP contribution in [0.25, 0.3) is 0 Å². The molecule has 0 aromatic carbocycles. The van der Waals surface area contributed by atoms with E-state index >= 15 is 0 Å². The van der Waals surface area contributed by atoms with Gasteiger partial charge < -0.3 is 14.4 Å². The Kier molecular flexibility index (Phi) is 20.5. The smallest absolute Gasteiger partial charge is 0.120 e. The second-order valence-electron chi connectivity index (χ2n) is 3.28. The minimum absolute atomic E-state index is 0.513. The Morgan fingerprint density at radius 3 is 1.53 bits per heavy atom. The van der Waals surface area contributed by atoms with Crippen LogP contribution in [0.1, 0.15) is 58.3 Å².